The monoisotopic (exact) mass is 370 g/mol. The predicted molar refractivity (Wildman–Crippen MR) is 122 cm³/mol. The summed E-state index contributed by atoms with van der Waals surface area (Å²) in [6, 6.07) is 17.4. The molecule has 0 nitrogen and oxygen atoms in total. The van der Waals surface area contributed by atoms with E-state index >= 15 is 0 Å². The molecule has 3 rings (SSSR count). The van der Waals surface area contributed by atoms with Gasteiger partial charge in [0.05, 0.1) is 0 Å². The maximum atomic E-state index is 3.47. The number of unbranched alkanes of at least 4 members (excludes halogenated alkanes) is 1. The number of hydrogen-bond donors (Lipinski definition) is 0. The van der Waals surface area contributed by atoms with E-state index in [0.717, 1.165) is 17.9 Å². The van der Waals surface area contributed by atoms with Crippen LogP contribution in [0.3, 0.4) is 0 Å². The zero-order valence-electron chi connectivity index (χ0n) is 17.6. The van der Waals surface area contributed by atoms with Crippen molar-refractivity contribution in [3.05, 3.63) is 76.9 Å². The first-order chi connectivity index (χ1) is 13.8. The molecule has 0 N–H and O–H groups in total. The molecule has 2 aromatic carbocycles. The summed E-state index contributed by atoms with van der Waals surface area (Å²) in [5.41, 5.74) is 5.02. The average molecular weight is 371 g/mol. The van der Waals surface area contributed by atoms with Crippen LogP contribution in [0.15, 0.2) is 54.6 Å². The summed E-state index contributed by atoms with van der Waals surface area (Å²) in [7, 11) is 0. The van der Waals surface area contributed by atoms with Crippen LogP contribution >= 0.6 is 0 Å². The summed E-state index contributed by atoms with van der Waals surface area (Å²) in [5.74, 6) is 8.49. The second-order valence-corrected chi connectivity index (χ2v) is 8.16. The van der Waals surface area contributed by atoms with Crippen molar-refractivity contribution in [1.29, 1.82) is 0 Å². The predicted octanol–water partition coefficient (Wildman–Crippen LogP) is 7.97. The number of rotatable bonds is 6. The maximum Gasteiger partial charge on any atom is 0.0283 e. The molecular weight excluding hydrogens is 336 g/mol. The Balaban J connectivity index is 1.69. The average Bonchev–Trinajstić information content (AvgIpc) is 2.74. The van der Waals surface area contributed by atoms with Gasteiger partial charge in [-0.15, -0.1) is 0 Å². The first kappa shape index (κ1) is 20.5. The largest absolute Gasteiger partial charge is 0.0840 e. The van der Waals surface area contributed by atoms with E-state index in [4.69, 9.17) is 0 Å². The minimum absolute atomic E-state index is 0.685. The standard InChI is InChI=1S/C28H34/c1-3-5-6-10-24-13-15-25(16-14-24)19-20-26-11-7-8-12-28(26)27-21-17-23(9-4-2)18-22-27/h6-8,10-16,23,27H,3-5,9,17-18,21-22H2,1-2H3. The van der Waals surface area contributed by atoms with Gasteiger partial charge in [0.2, 0.25) is 0 Å². The van der Waals surface area contributed by atoms with Gasteiger partial charge < -0.3 is 0 Å². The van der Waals surface area contributed by atoms with Crippen LogP contribution in [0.4, 0.5) is 0 Å². The Bertz CT molecular complexity index is 805. The van der Waals surface area contributed by atoms with Crippen molar-refractivity contribution in [3.63, 3.8) is 0 Å². The van der Waals surface area contributed by atoms with Gasteiger partial charge in [0.1, 0.15) is 0 Å². The Morgan fingerprint density at radius 2 is 1.61 bits per heavy atom. The first-order valence-electron chi connectivity index (χ1n) is 11.2. The van der Waals surface area contributed by atoms with E-state index in [0.29, 0.717) is 5.92 Å². The van der Waals surface area contributed by atoms with Crippen molar-refractivity contribution in [2.24, 2.45) is 5.92 Å². The van der Waals surface area contributed by atoms with Crippen LogP contribution in [0.1, 0.15) is 93.4 Å². The molecule has 0 spiro atoms. The van der Waals surface area contributed by atoms with E-state index in [-0.39, 0.29) is 0 Å². The van der Waals surface area contributed by atoms with Gasteiger partial charge in [0.15, 0.2) is 0 Å². The van der Waals surface area contributed by atoms with Crippen LogP contribution in [-0.4, -0.2) is 0 Å². The van der Waals surface area contributed by atoms with Crippen LogP contribution < -0.4 is 0 Å². The second kappa shape index (κ2) is 10.9. The van der Waals surface area contributed by atoms with E-state index in [1.54, 1.807) is 0 Å². The highest BCUT2D eigenvalue weighted by Gasteiger charge is 2.23. The van der Waals surface area contributed by atoms with Crippen molar-refractivity contribution in [2.75, 3.05) is 0 Å². The molecule has 0 bridgehead atoms. The fraction of sp³-hybridized carbons (Fsp3) is 0.429. The fourth-order valence-electron chi connectivity index (χ4n) is 4.34. The molecule has 0 aromatic heterocycles. The summed E-state index contributed by atoms with van der Waals surface area (Å²) >= 11 is 0. The summed E-state index contributed by atoms with van der Waals surface area (Å²) in [6.45, 7) is 4.52. The first-order valence-corrected chi connectivity index (χ1v) is 11.2. The molecule has 0 aliphatic heterocycles. The van der Waals surface area contributed by atoms with Crippen LogP contribution in [-0.2, 0) is 0 Å². The van der Waals surface area contributed by atoms with Crippen LogP contribution in [0.2, 0.25) is 0 Å². The van der Waals surface area contributed by atoms with Crippen LogP contribution in [0, 0.1) is 17.8 Å². The van der Waals surface area contributed by atoms with E-state index in [2.05, 4.69) is 86.4 Å². The van der Waals surface area contributed by atoms with Gasteiger partial charge in [-0.25, -0.2) is 0 Å². The Morgan fingerprint density at radius 1 is 0.857 bits per heavy atom. The van der Waals surface area contributed by atoms with Crippen molar-refractivity contribution in [3.8, 4) is 11.8 Å². The van der Waals surface area contributed by atoms with Gasteiger partial charge >= 0.3 is 0 Å². The summed E-state index contributed by atoms with van der Waals surface area (Å²) < 4.78 is 0. The Hall–Kier alpha value is -2.26. The molecule has 0 heteroatoms. The lowest BCUT2D eigenvalue weighted by atomic mass is 9.76. The third-order valence-electron chi connectivity index (χ3n) is 5.96. The molecule has 1 saturated carbocycles. The van der Waals surface area contributed by atoms with Gasteiger partial charge in [-0.2, -0.15) is 0 Å². The van der Waals surface area contributed by atoms with Crippen molar-refractivity contribution in [1.82, 2.24) is 0 Å². The third-order valence-corrected chi connectivity index (χ3v) is 5.96. The van der Waals surface area contributed by atoms with Crippen LogP contribution in [0.5, 0.6) is 0 Å². The zero-order chi connectivity index (χ0) is 19.6. The van der Waals surface area contributed by atoms with E-state index < -0.39 is 0 Å². The number of benzene rings is 2. The van der Waals surface area contributed by atoms with Gasteiger partial charge in [-0.05, 0) is 73.3 Å². The minimum Gasteiger partial charge on any atom is -0.0840 e. The van der Waals surface area contributed by atoms with Crippen molar-refractivity contribution in [2.45, 2.75) is 71.1 Å². The Kier molecular flexibility index (Phi) is 7.98. The van der Waals surface area contributed by atoms with E-state index in [1.165, 1.54) is 61.6 Å². The van der Waals surface area contributed by atoms with Crippen molar-refractivity contribution < 1.29 is 0 Å². The normalized spacial score (nSPS) is 19.4. The lowest BCUT2D eigenvalue weighted by Gasteiger charge is -2.29. The molecular formula is C28H34. The number of allylic oxidation sites excluding steroid dienone is 1. The van der Waals surface area contributed by atoms with Crippen molar-refractivity contribution >= 4 is 6.08 Å². The molecule has 146 valence electrons. The molecule has 0 atom stereocenters. The lowest BCUT2D eigenvalue weighted by Crippen LogP contribution is -2.14. The quantitative estimate of drug-likeness (QED) is 0.452. The minimum atomic E-state index is 0.685. The molecule has 1 aliphatic carbocycles. The molecule has 0 saturated heterocycles. The van der Waals surface area contributed by atoms with E-state index in [1.807, 2.05) is 0 Å². The lowest BCUT2D eigenvalue weighted by molar-refractivity contribution is 0.308. The molecule has 2 aromatic rings. The highest BCUT2D eigenvalue weighted by atomic mass is 14.3. The fourth-order valence-corrected chi connectivity index (χ4v) is 4.34. The second-order valence-electron chi connectivity index (χ2n) is 8.16. The SMILES string of the molecule is CCCC=Cc1ccc(C#Cc2ccccc2C2CCC(CCC)CC2)cc1. The topological polar surface area (TPSA) is 0 Å². The molecule has 0 heterocycles. The highest BCUT2D eigenvalue weighted by Crippen LogP contribution is 2.38. The van der Waals surface area contributed by atoms with Crippen LogP contribution in [0.25, 0.3) is 6.08 Å². The molecule has 0 unspecified atom stereocenters. The smallest absolute Gasteiger partial charge is 0.0283 e. The summed E-state index contributed by atoms with van der Waals surface area (Å²) in [4.78, 5) is 0. The molecule has 0 amide bonds. The molecule has 1 aliphatic rings. The molecule has 0 radical (unpaired) electrons. The maximum absolute atomic E-state index is 3.47. The van der Waals surface area contributed by atoms with Gasteiger partial charge in [-0.3, -0.25) is 0 Å². The van der Waals surface area contributed by atoms with Gasteiger partial charge in [0, 0.05) is 11.1 Å². The molecule has 28 heavy (non-hydrogen) atoms. The van der Waals surface area contributed by atoms with E-state index in [9.17, 15) is 0 Å². The number of hydrogen-bond acceptors (Lipinski definition) is 0. The molecule has 1 fully saturated rings. The summed E-state index contributed by atoms with van der Waals surface area (Å²) in [6.07, 6.45) is 14.9. The Morgan fingerprint density at radius 3 is 2.32 bits per heavy atom. The zero-order valence-corrected chi connectivity index (χ0v) is 17.6. The highest BCUT2D eigenvalue weighted by molar-refractivity contribution is 5.53. The third kappa shape index (κ3) is 5.87. The van der Waals surface area contributed by atoms with Gasteiger partial charge in [-0.1, -0.05) is 87.4 Å². The Labute approximate surface area is 172 Å². The van der Waals surface area contributed by atoms with Gasteiger partial charge in [0.25, 0.3) is 0 Å². The summed E-state index contributed by atoms with van der Waals surface area (Å²) in [5, 5.41) is 0.